The molecule has 1 aromatic heterocycles. The number of pyridine rings is 1. The van der Waals surface area contributed by atoms with Gasteiger partial charge in [-0.1, -0.05) is 29.3 Å². The van der Waals surface area contributed by atoms with E-state index in [1.165, 1.54) is 12.1 Å². The highest BCUT2D eigenvalue weighted by Gasteiger charge is 2.21. The lowest BCUT2D eigenvalue weighted by Crippen LogP contribution is -2.06. The van der Waals surface area contributed by atoms with Crippen LogP contribution in [0.15, 0.2) is 22.7 Å². The second kappa shape index (κ2) is 5.55. The zero-order chi connectivity index (χ0) is 15.0. The Morgan fingerprint density at radius 3 is 2.55 bits per heavy atom. The van der Waals surface area contributed by atoms with E-state index >= 15 is 0 Å². The molecule has 0 bridgehead atoms. The van der Waals surface area contributed by atoms with Gasteiger partial charge in [-0.25, -0.2) is 14.2 Å². The van der Waals surface area contributed by atoms with Gasteiger partial charge >= 0.3 is 5.97 Å². The van der Waals surface area contributed by atoms with Crippen LogP contribution in [0, 0.1) is 5.82 Å². The summed E-state index contributed by atoms with van der Waals surface area (Å²) in [6.07, 6.45) is 0. The molecule has 0 aliphatic carbocycles. The average Bonchev–Trinajstić information content (AvgIpc) is 2.39. The van der Waals surface area contributed by atoms with Gasteiger partial charge in [-0.3, -0.25) is 0 Å². The number of nitrogens with two attached hydrogens (primary N) is 1. The highest BCUT2D eigenvalue weighted by Crippen LogP contribution is 2.37. The van der Waals surface area contributed by atoms with Gasteiger partial charge in [-0.15, -0.1) is 0 Å². The first kappa shape index (κ1) is 15.0. The summed E-state index contributed by atoms with van der Waals surface area (Å²) in [5, 5.41) is 8.75. The minimum Gasteiger partial charge on any atom is -0.476 e. The number of rotatable bonds is 2. The fourth-order valence-electron chi connectivity index (χ4n) is 1.54. The maximum Gasteiger partial charge on any atom is 0.356 e. The SMILES string of the molecule is Nc1c(Cl)c(C(=O)O)nc(-c2ccc(Br)c(F)c2)c1Cl. The Bertz CT molecular complexity index is 725. The molecule has 0 spiro atoms. The number of carboxylic acid groups (broad SMARTS) is 1. The minimum atomic E-state index is -1.35. The van der Waals surface area contributed by atoms with Gasteiger partial charge in [0.05, 0.1) is 25.9 Å². The lowest BCUT2D eigenvalue weighted by Gasteiger charge is -2.10. The summed E-state index contributed by atoms with van der Waals surface area (Å²) in [6, 6.07) is 4.14. The molecule has 0 atom stereocenters. The van der Waals surface area contributed by atoms with Crippen LogP contribution in [0.25, 0.3) is 11.3 Å². The Labute approximate surface area is 131 Å². The van der Waals surface area contributed by atoms with Crippen molar-refractivity contribution < 1.29 is 14.3 Å². The van der Waals surface area contributed by atoms with E-state index in [0.29, 0.717) is 5.56 Å². The molecule has 3 N–H and O–H groups in total. The third-order valence-electron chi connectivity index (χ3n) is 2.51. The summed E-state index contributed by atoms with van der Waals surface area (Å²) >= 11 is 14.8. The van der Waals surface area contributed by atoms with Gasteiger partial charge in [0.1, 0.15) is 5.82 Å². The maximum atomic E-state index is 13.5. The fraction of sp³-hybridized carbons (Fsp3) is 0. The Morgan fingerprint density at radius 2 is 2.00 bits per heavy atom. The molecular formula is C12H6BrCl2FN2O2. The van der Waals surface area contributed by atoms with Gasteiger partial charge in [0, 0.05) is 5.56 Å². The molecule has 0 amide bonds. The first-order valence-corrected chi connectivity index (χ1v) is 6.71. The van der Waals surface area contributed by atoms with E-state index in [1.54, 1.807) is 0 Å². The molecule has 2 rings (SSSR count). The molecule has 0 saturated carbocycles. The Morgan fingerprint density at radius 1 is 1.35 bits per heavy atom. The Hall–Kier alpha value is -1.37. The van der Waals surface area contributed by atoms with Crippen LogP contribution in [0.2, 0.25) is 10.0 Å². The normalized spacial score (nSPS) is 10.6. The summed E-state index contributed by atoms with van der Waals surface area (Å²) in [5.41, 5.74) is 5.45. The van der Waals surface area contributed by atoms with Crippen molar-refractivity contribution in [1.82, 2.24) is 4.98 Å². The standard InChI is InChI=1S/C12H6BrCl2FN2O2/c13-5-2-1-4(3-6(5)16)10-7(14)9(17)8(15)11(18-10)12(19)20/h1-3H,(H2,17,18)(H,19,20). The topological polar surface area (TPSA) is 76.2 Å². The first-order chi connectivity index (χ1) is 9.32. The second-order valence-corrected chi connectivity index (χ2v) is 5.39. The first-order valence-electron chi connectivity index (χ1n) is 5.16. The van der Waals surface area contributed by atoms with Crippen LogP contribution in [0.4, 0.5) is 10.1 Å². The molecule has 0 saturated heterocycles. The van der Waals surface area contributed by atoms with Crippen LogP contribution < -0.4 is 5.73 Å². The number of benzene rings is 1. The van der Waals surface area contributed by atoms with E-state index in [-0.39, 0.29) is 25.9 Å². The van der Waals surface area contributed by atoms with E-state index in [0.717, 1.165) is 6.07 Å². The Kier molecular flexibility index (Phi) is 4.17. The molecule has 4 nitrogen and oxygen atoms in total. The van der Waals surface area contributed by atoms with Crippen LogP contribution in [0.1, 0.15) is 10.5 Å². The molecule has 0 unspecified atom stereocenters. The molecule has 1 aromatic carbocycles. The molecule has 1 heterocycles. The third-order valence-corrected chi connectivity index (χ3v) is 3.92. The molecule has 104 valence electrons. The number of anilines is 1. The van der Waals surface area contributed by atoms with Gasteiger partial charge in [-0.05, 0) is 28.1 Å². The molecule has 0 fully saturated rings. The van der Waals surface area contributed by atoms with Crippen molar-refractivity contribution in [3.63, 3.8) is 0 Å². The number of nitrogen functional groups attached to an aromatic ring is 1. The molecule has 0 aliphatic rings. The van der Waals surface area contributed by atoms with E-state index in [2.05, 4.69) is 20.9 Å². The third kappa shape index (κ3) is 2.59. The number of halogens is 4. The molecule has 20 heavy (non-hydrogen) atoms. The summed E-state index contributed by atoms with van der Waals surface area (Å²) in [6.45, 7) is 0. The van der Waals surface area contributed by atoms with Gasteiger partial charge in [0.25, 0.3) is 0 Å². The van der Waals surface area contributed by atoms with Crippen molar-refractivity contribution in [1.29, 1.82) is 0 Å². The predicted molar refractivity (Wildman–Crippen MR) is 78.7 cm³/mol. The number of carboxylic acids is 1. The Balaban J connectivity index is 2.73. The number of nitrogens with zero attached hydrogens (tertiary/aromatic N) is 1. The van der Waals surface area contributed by atoms with Crippen molar-refractivity contribution >= 4 is 50.8 Å². The van der Waals surface area contributed by atoms with Crippen molar-refractivity contribution in [2.45, 2.75) is 0 Å². The van der Waals surface area contributed by atoms with E-state index in [9.17, 15) is 9.18 Å². The van der Waals surface area contributed by atoms with E-state index in [4.69, 9.17) is 34.0 Å². The van der Waals surface area contributed by atoms with Crippen LogP contribution >= 0.6 is 39.1 Å². The number of aromatic nitrogens is 1. The number of hydrogen-bond donors (Lipinski definition) is 2. The monoisotopic (exact) mass is 378 g/mol. The largest absolute Gasteiger partial charge is 0.476 e. The summed E-state index contributed by atoms with van der Waals surface area (Å²) in [5.74, 6) is -1.89. The fourth-order valence-corrected chi connectivity index (χ4v) is 2.30. The minimum absolute atomic E-state index is 0.0262. The summed E-state index contributed by atoms with van der Waals surface area (Å²) < 4.78 is 13.8. The number of aromatic carboxylic acids is 1. The van der Waals surface area contributed by atoms with Crippen molar-refractivity contribution in [2.75, 3.05) is 5.73 Å². The van der Waals surface area contributed by atoms with Gasteiger partial charge < -0.3 is 10.8 Å². The molecule has 2 aromatic rings. The maximum absolute atomic E-state index is 13.5. The van der Waals surface area contributed by atoms with Crippen LogP contribution in [-0.4, -0.2) is 16.1 Å². The van der Waals surface area contributed by atoms with E-state index in [1.807, 2.05) is 0 Å². The smallest absolute Gasteiger partial charge is 0.356 e. The van der Waals surface area contributed by atoms with Crippen molar-refractivity contribution in [2.24, 2.45) is 0 Å². The zero-order valence-electron chi connectivity index (χ0n) is 9.62. The van der Waals surface area contributed by atoms with Crippen LogP contribution in [0.5, 0.6) is 0 Å². The van der Waals surface area contributed by atoms with E-state index < -0.39 is 17.5 Å². The van der Waals surface area contributed by atoms with Crippen LogP contribution in [-0.2, 0) is 0 Å². The van der Waals surface area contributed by atoms with Gasteiger partial charge in [0.15, 0.2) is 5.69 Å². The lowest BCUT2D eigenvalue weighted by atomic mass is 10.1. The van der Waals surface area contributed by atoms with Gasteiger partial charge in [0.2, 0.25) is 0 Å². The molecule has 8 heteroatoms. The average molecular weight is 380 g/mol. The molecule has 0 radical (unpaired) electrons. The van der Waals surface area contributed by atoms with Crippen molar-refractivity contribution in [3.8, 4) is 11.3 Å². The lowest BCUT2D eigenvalue weighted by molar-refractivity contribution is 0.0691. The predicted octanol–water partition coefficient (Wildman–Crippen LogP) is 4.24. The summed E-state index contributed by atoms with van der Waals surface area (Å²) in [7, 11) is 0. The quantitative estimate of drug-likeness (QED) is 0.818. The highest BCUT2D eigenvalue weighted by molar-refractivity contribution is 9.10. The van der Waals surface area contributed by atoms with Crippen molar-refractivity contribution in [3.05, 3.63) is 44.2 Å². The summed E-state index contributed by atoms with van der Waals surface area (Å²) in [4.78, 5) is 14.9. The second-order valence-electron chi connectivity index (χ2n) is 3.78. The number of hydrogen-bond acceptors (Lipinski definition) is 3. The zero-order valence-corrected chi connectivity index (χ0v) is 12.7. The highest BCUT2D eigenvalue weighted by atomic mass is 79.9. The number of carbonyl (C=O) groups is 1. The molecular weight excluding hydrogens is 374 g/mol. The van der Waals surface area contributed by atoms with Crippen LogP contribution in [0.3, 0.4) is 0 Å². The molecule has 0 aliphatic heterocycles. The van der Waals surface area contributed by atoms with Gasteiger partial charge in [-0.2, -0.15) is 0 Å².